The molecule has 0 fully saturated rings. The number of nitrogens with zero attached hydrogens (tertiary/aromatic N) is 6. The fraction of sp³-hybridized carbons (Fsp3) is 0.257. The van der Waals surface area contributed by atoms with Crippen LogP contribution in [-0.2, 0) is 6.42 Å². The smallest absolute Gasteiger partial charge is 0.159 e. The van der Waals surface area contributed by atoms with E-state index >= 15 is 0 Å². The lowest BCUT2D eigenvalue weighted by molar-refractivity contribution is 0.400. The van der Waals surface area contributed by atoms with Gasteiger partial charge in [0.2, 0.25) is 0 Å². The van der Waals surface area contributed by atoms with E-state index in [0.29, 0.717) is 33.5 Å². The van der Waals surface area contributed by atoms with Crippen LogP contribution in [0.2, 0.25) is 0 Å². The second kappa shape index (κ2) is 13.8. The molecular formula is C35H40FN9. The third-order valence-corrected chi connectivity index (χ3v) is 7.35. The minimum atomic E-state index is -0.286. The minimum Gasteiger partial charge on any atom is -0.357 e. The monoisotopic (exact) mass is 605 g/mol. The number of imidazole rings is 1. The third-order valence-electron chi connectivity index (χ3n) is 7.35. The summed E-state index contributed by atoms with van der Waals surface area (Å²) in [6, 6.07) is 9.00. The first-order valence-electron chi connectivity index (χ1n) is 14.8. The Morgan fingerprint density at radius 2 is 1.89 bits per heavy atom. The lowest BCUT2D eigenvalue weighted by atomic mass is 10.0. The van der Waals surface area contributed by atoms with E-state index in [1.807, 2.05) is 71.7 Å². The molecule has 3 N–H and O–H groups in total. The molecule has 10 heteroatoms. The van der Waals surface area contributed by atoms with E-state index in [1.165, 1.54) is 6.07 Å². The number of halogens is 1. The summed E-state index contributed by atoms with van der Waals surface area (Å²) >= 11 is 0. The zero-order valence-electron chi connectivity index (χ0n) is 26.6. The average Bonchev–Trinajstić information content (AvgIpc) is 3.58. The van der Waals surface area contributed by atoms with Crippen LogP contribution < -0.4 is 15.9 Å². The van der Waals surface area contributed by atoms with Gasteiger partial charge in [0.25, 0.3) is 0 Å². The molecule has 4 heterocycles. The predicted octanol–water partition coefficient (Wildman–Crippen LogP) is 4.82. The molecule has 0 spiro atoms. The fourth-order valence-corrected chi connectivity index (χ4v) is 5.16. The molecule has 0 aliphatic rings. The van der Waals surface area contributed by atoms with Gasteiger partial charge < -0.3 is 20.1 Å². The lowest BCUT2D eigenvalue weighted by Gasteiger charge is -2.14. The second-order valence-electron chi connectivity index (χ2n) is 11.8. The average molecular weight is 606 g/mol. The molecule has 0 saturated carbocycles. The van der Waals surface area contributed by atoms with Crippen molar-refractivity contribution in [2.75, 3.05) is 46.6 Å². The number of hydrogen-bond acceptors (Lipinski definition) is 7. The molecule has 0 unspecified atom stereocenters. The number of anilines is 1. The van der Waals surface area contributed by atoms with Gasteiger partial charge >= 0.3 is 0 Å². The van der Waals surface area contributed by atoms with Gasteiger partial charge in [0.1, 0.15) is 17.0 Å². The van der Waals surface area contributed by atoms with E-state index in [4.69, 9.17) is 4.98 Å². The fourth-order valence-electron chi connectivity index (χ4n) is 5.16. The van der Waals surface area contributed by atoms with Gasteiger partial charge in [-0.05, 0) is 108 Å². The number of nitrogens with one attached hydrogen (secondary N) is 3. The van der Waals surface area contributed by atoms with E-state index in [-0.39, 0.29) is 5.82 Å². The molecule has 0 atom stereocenters. The van der Waals surface area contributed by atoms with Crippen molar-refractivity contribution in [3.05, 3.63) is 94.8 Å². The first-order valence-corrected chi connectivity index (χ1v) is 14.8. The highest BCUT2D eigenvalue weighted by Gasteiger charge is 2.15. The topological polar surface area (TPSA) is 102 Å². The van der Waals surface area contributed by atoms with E-state index in [2.05, 4.69) is 53.4 Å². The van der Waals surface area contributed by atoms with Crippen molar-refractivity contribution in [1.82, 2.24) is 39.9 Å². The largest absolute Gasteiger partial charge is 0.357 e. The molecule has 0 saturated heterocycles. The summed E-state index contributed by atoms with van der Waals surface area (Å²) in [5.41, 5.74) is 8.06. The number of aromatic nitrogens is 6. The number of allylic oxidation sites excluding steroid dienone is 2. The van der Waals surface area contributed by atoms with Crippen molar-refractivity contribution < 1.29 is 4.39 Å². The Labute approximate surface area is 263 Å². The molecule has 0 radical (unpaired) electrons. The van der Waals surface area contributed by atoms with Crippen LogP contribution in [0.3, 0.4) is 0 Å². The number of pyridine rings is 2. The van der Waals surface area contributed by atoms with Gasteiger partial charge in [-0.15, -0.1) is 0 Å². The summed E-state index contributed by atoms with van der Waals surface area (Å²) in [5.74, 6) is 0.274. The molecule has 5 rings (SSSR count). The SMILES string of the molecule is C=C(CN(C)C)Nc1cncc(/C(C)=C/C=c2/[nH]nc(-c3nc4c(-c5cc(F)cc(CCCN(C)C)c5)nccc4[nH]3)c2=C)c1. The number of likely N-dealkylation sites (N-methyl/N-ethyl adjacent to an activating group) is 1. The Balaban J connectivity index is 1.41. The van der Waals surface area contributed by atoms with Crippen molar-refractivity contribution in [3.63, 3.8) is 0 Å². The second-order valence-corrected chi connectivity index (χ2v) is 11.8. The Morgan fingerprint density at radius 3 is 2.67 bits per heavy atom. The zero-order chi connectivity index (χ0) is 32.1. The third kappa shape index (κ3) is 7.78. The van der Waals surface area contributed by atoms with Crippen molar-refractivity contribution in [3.8, 4) is 22.8 Å². The summed E-state index contributed by atoms with van der Waals surface area (Å²) in [7, 11) is 8.07. The molecular weight excluding hydrogens is 565 g/mol. The van der Waals surface area contributed by atoms with Crippen molar-refractivity contribution >= 4 is 34.9 Å². The van der Waals surface area contributed by atoms with Gasteiger partial charge in [-0.2, -0.15) is 5.10 Å². The van der Waals surface area contributed by atoms with Crippen LogP contribution in [0.1, 0.15) is 24.5 Å². The van der Waals surface area contributed by atoms with E-state index < -0.39 is 0 Å². The highest BCUT2D eigenvalue weighted by atomic mass is 19.1. The Kier molecular flexibility index (Phi) is 9.65. The molecule has 1 aromatic carbocycles. The molecule has 0 bridgehead atoms. The Bertz CT molecular complexity index is 1970. The molecule has 5 aromatic rings. The van der Waals surface area contributed by atoms with Gasteiger partial charge in [0.05, 0.1) is 28.4 Å². The van der Waals surface area contributed by atoms with Crippen LogP contribution in [0.15, 0.2) is 67.3 Å². The van der Waals surface area contributed by atoms with E-state index in [9.17, 15) is 4.39 Å². The first-order chi connectivity index (χ1) is 21.6. The highest BCUT2D eigenvalue weighted by molar-refractivity contribution is 5.91. The molecule has 45 heavy (non-hydrogen) atoms. The highest BCUT2D eigenvalue weighted by Crippen LogP contribution is 2.28. The van der Waals surface area contributed by atoms with Gasteiger partial charge in [0.15, 0.2) is 5.82 Å². The quantitative estimate of drug-likeness (QED) is 0.187. The van der Waals surface area contributed by atoms with Crippen LogP contribution in [0.4, 0.5) is 10.1 Å². The summed E-state index contributed by atoms with van der Waals surface area (Å²) in [4.78, 5) is 21.3. The lowest BCUT2D eigenvalue weighted by Crippen LogP contribution is -2.21. The normalized spacial score (nSPS) is 12.5. The number of H-pyrrole nitrogens is 2. The Hall–Kier alpha value is -4.93. The molecule has 232 valence electrons. The number of hydrogen-bond donors (Lipinski definition) is 3. The number of rotatable bonds is 12. The van der Waals surface area contributed by atoms with Gasteiger partial charge in [0, 0.05) is 35.4 Å². The van der Waals surface area contributed by atoms with Crippen molar-refractivity contribution in [2.24, 2.45) is 0 Å². The van der Waals surface area contributed by atoms with Gasteiger partial charge in [-0.25, -0.2) is 9.37 Å². The van der Waals surface area contributed by atoms with Crippen molar-refractivity contribution in [2.45, 2.75) is 19.8 Å². The first kappa shape index (κ1) is 31.5. The summed E-state index contributed by atoms with van der Waals surface area (Å²) in [6.07, 6.45) is 11.0. The van der Waals surface area contributed by atoms with E-state index in [0.717, 1.165) is 64.9 Å². The number of aromatic amines is 2. The number of aryl methyl sites for hydroxylation is 1. The standard InChI is InChI=1S/C35H40FN9/c1-22(27-18-29(20-37-19-27)39-23(2)21-45(6)7)10-11-30-24(3)32(43-42-30)35-40-31-12-13-38-33(34(31)41-35)26-15-25(16-28(36)17-26)9-8-14-44(4)5/h10-13,15-20,39,42H,2-3,8-9,14,21H2,1,4-7H3,(H,40,41)/b22-10+,30-11+. The number of benzene rings is 1. The summed E-state index contributed by atoms with van der Waals surface area (Å²) < 4.78 is 14.7. The summed E-state index contributed by atoms with van der Waals surface area (Å²) in [5, 5.41) is 12.4. The predicted molar refractivity (Wildman–Crippen MR) is 182 cm³/mol. The Morgan fingerprint density at radius 1 is 1.07 bits per heavy atom. The van der Waals surface area contributed by atoms with Crippen LogP contribution in [0.25, 0.3) is 52.0 Å². The minimum absolute atomic E-state index is 0.286. The molecule has 0 aliphatic heterocycles. The van der Waals surface area contributed by atoms with Crippen molar-refractivity contribution in [1.29, 1.82) is 0 Å². The van der Waals surface area contributed by atoms with E-state index in [1.54, 1.807) is 18.5 Å². The maximum Gasteiger partial charge on any atom is 0.159 e. The van der Waals surface area contributed by atoms with Crippen LogP contribution in [0, 0.1) is 5.82 Å². The van der Waals surface area contributed by atoms with Crippen LogP contribution in [0.5, 0.6) is 0 Å². The zero-order valence-corrected chi connectivity index (χ0v) is 26.6. The maximum atomic E-state index is 14.7. The van der Waals surface area contributed by atoms with Crippen LogP contribution >= 0.6 is 0 Å². The molecule has 9 nitrogen and oxygen atoms in total. The number of fused-ring (bicyclic) bond motifs is 1. The maximum absolute atomic E-state index is 14.7. The molecule has 0 amide bonds. The summed E-state index contributed by atoms with van der Waals surface area (Å²) in [6.45, 7) is 12.1. The van der Waals surface area contributed by atoms with Gasteiger partial charge in [-0.1, -0.05) is 19.2 Å². The molecule has 4 aromatic heterocycles. The molecule has 0 aliphatic carbocycles. The van der Waals surface area contributed by atoms with Crippen LogP contribution in [-0.4, -0.2) is 81.2 Å². The van der Waals surface area contributed by atoms with Gasteiger partial charge in [-0.3, -0.25) is 15.1 Å².